The normalized spacial score (nSPS) is 15.2. The number of nitrogens with one attached hydrogen (secondary N) is 2. The van der Waals surface area contributed by atoms with E-state index in [1.54, 1.807) is 14.2 Å². The Hall–Kier alpha value is -1.49. The maximum Gasteiger partial charge on any atom is 0.166 e. The Morgan fingerprint density at radius 1 is 1.09 bits per heavy atom. The van der Waals surface area contributed by atoms with Gasteiger partial charge in [0.15, 0.2) is 5.11 Å². The fraction of sp³-hybridized carbons (Fsp3) is 0.588. The number of thiocarbonyl (C=S) groups is 1. The van der Waals surface area contributed by atoms with Gasteiger partial charge in [-0.1, -0.05) is 19.3 Å². The van der Waals surface area contributed by atoms with Gasteiger partial charge < -0.3 is 20.1 Å². The molecule has 2 rings (SSSR count). The minimum absolute atomic E-state index is 0.547. The standard InChI is InChI=1S/C17H26N2O2S/c1-20-15-10-13(11-16(12-15)21-2)8-9-18-17(22)19-14-6-4-3-5-7-14/h10-12,14H,3-9H2,1-2H3,(H2,18,19,22). The topological polar surface area (TPSA) is 42.5 Å². The second-order valence-corrected chi connectivity index (χ2v) is 6.11. The molecule has 0 unspecified atom stereocenters. The van der Waals surface area contributed by atoms with Crippen LogP contribution in [0.3, 0.4) is 0 Å². The Kier molecular flexibility index (Phi) is 6.77. The molecule has 2 N–H and O–H groups in total. The highest BCUT2D eigenvalue weighted by Crippen LogP contribution is 2.22. The van der Waals surface area contributed by atoms with Crippen LogP contribution in [0, 0.1) is 0 Å². The first kappa shape index (κ1) is 16.9. The zero-order valence-electron chi connectivity index (χ0n) is 13.5. The lowest BCUT2D eigenvalue weighted by Crippen LogP contribution is -2.43. The Morgan fingerprint density at radius 3 is 2.32 bits per heavy atom. The predicted octanol–water partition coefficient (Wildman–Crippen LogP) is 3.04. The number of hydrogen-bond donors (Lipinski definition) is 2. The van der Waals surface area contributed by atoms with Gasteiger partial charge in [0.1, 0.15) is 11.5 Å². The van der Waals surface area contributed by atoms with Crippen molar-refractivity contribution < 1.29 is 9.47 Å². The summed E-state index contributed by atoms with van der Waals surface area (Å²) in [7, 11) is 3.33. The quantitative estimate of drug-likeness (QED) is 0.788. The molecule has 1 aliphatic carbocycles. The van der Waals surface area contributed by atoms with E-state index in [9.17, 15) is 0 Å². The van der Waals surface area contributed by atoms with Crippen molar-refractivity contribution in [3.63, 3.8) is 0 Å². The summed E-state index contributed by atoms with van der Waals surface area (Å²) in [5.74, 6) is 1.63. The minimum atomic E-state index is 0.547. The van der Waals surface area contributed by atoms with Crippen molar-refractivity contribution >= 4 is 17.3 Å². The van der Waals surface area contributed by atoms with Gasteiger partial charge in [-0.2, -0.15) is 0 Å². The van der Waals surface area contributed by atoms with Gasteiger partial charge in [0, 0.05) is 18.7 Å². The fourth-order valence-corrected chi connectivity index (χ4v) is 3.08. The molecule has 0 radical (unpaired) electrons. The highest BCUT2D eigenvalue weighted by molar-refractivity contribution is 7.80. The van der Waals surface area contributed by atoms with Crippen molar-refractivity contribution in [2.24, 2.45) is 0 Å². The summed E-state index contributed by atoms with van der Waals surface area (Å²) in [6, 6.07) is 6.49. The average Bonchev–Trinajstić information content (AvgIpc) is 2.55. The van der Waals surface area contributed by atoms with E-state index in [1.165, 1.54) is 37.7 Å². The summed E-state index contributed by atoms with van der Waals surface area (Å²) in [4.78, 5) is 0. The lowest BCUT2D eigenvalue weighted by molar-refractivity contribution is 0.393. The summed E-state index contributed by atoms with van der Waals surface area (Å²) < 4.78 is 10.6. The third kappa shape index (κ3) is 5.37. The van der Waals surface area contributed by atoms with Gasteiger partial charge in [-0.05, 0) is 49.2 Å². The Morgan fingerprint density at radius 2 is 1.73 bits per heavy atom. The molecule has 4 nitrogen and oxygen atoms in total. The van der Waals surface area contributed by atoms with Crippen LogP contribution >= 0.6 is 12.2 Å². The van der Waals surface area contributed by atoms with Crippen molar-refractivity contribution in [3.05, 3.63) is 23.8 Å². The smallest absolute Gasteiger partial charge is 0.166 e. The second kappa shape index (κ2) is 8.83. The predicted molar refractivity (Wildman–Crippen MR) is 93.9 cm³/mol. The summed E-state index contributed by atoms with van der Waals surface area (Å²) >= 11 is 5.38. The van der Waals surface area contributed by atoms with Crippen LogP contribution in [0.25, 0.3) is 0 Å². The van der Waals surface area contributed by atoms with Gasteiger partial charge in [0.25, 0.3) is 0 Å². The van der Waals surface area contributed by atoms with E-state index >= 15 is 0 Å². The minimum Gasteiger partial charge on any atom is -0.497 e. The van der Waals surface area contributed by atoms with Crippen LogP contribution in [0.1, 0.15) is 37.7 Å². The largest absolute Gasteiger partial charge is 0.497 e. The van der Waals surface area contributed by atoms with Crippen molar-refractivity contribution in [1.29, 1.82) is 0 Å². The number of benzene rings is 1. The van der Waals surface area contributed by atoms with E-state index in [0.29, 0.717) is 6.04 Å². The Labute approximate surface area is 138 Å². The summed E-state index contributed by atoms with van der Waals surface area (Å²) in [5.41, 5.74) is 1.17. The molecule has 0 saturated heterocycles. The fourth-order valence-electron chi connectivity index (χ4n) is 2.81. The second-order valence-electron chi connectivity index (χ2n) is 5.71. The molecule has 1 fully saturated rings. The SMILES string of the molecule is COc1cc(CCNC(=S)NC2CCCCC2)cc(OC)c1. The van der Waals surface area contributed by atoms with Crippen molar-refractivity contribution in [2.75, 3.05) is 20.8 Å². The van der Waals surface area contributed by atoms with E-state index in [0.717, 1.165) is 29.6 Å². The summed E-state index contributed by atoms with van der Waals surface area (Å²) in [5, 5.41) is 7.48. The zero-order chi connectivity index (χ0) is 15.8. The van der Waals surface area contributed by atoms with Gasteiger partial charge in [0.2, 0.25) is 0 Å². The van der Waals surface area contributed by atoms with Gasteiger partial charge in [-0.3, -0.25) is 0 Å². The van der Waals surface area contributed by atoms with Gasteiger partial charge in [-0.25, -0.2) is 0 Å². The highest BCUT2D eigenvalue weighted by Gasteiger charge is 2.13. The van der Waals surface area contributed by atoms with Crippen molar-refractivity contribution in [3.8, 4) is 11.5 Å². The Balaban J connectivity index is 1.76. The van der Waals surface area contributed by atoms with Gasteiger partial charge in [-0.15, -0.1) is 0 Å². The molecule has 0 atom stereocenters. The van der Waals surface area contributed by atoms with Crippen molar-refractivity contribution in [1.82, 2.24) is 10.6 Å². The molecule has 0 amide bonds. The first-order valence-corrected chi connectivity index (χ1v) is 8.38. The molecule has 0 spiro atoms. The van der Waals surface area contributed by atoms with Crippen LogP contribution in [0.4, 0.5) is 0 Å². The molecule has 122 valence electrons. The molecule has 1 aliphatic rings. The van der Waals surface area contributed by atoms with Crippen LogP contribution in [-0.4, -0.2) is 31.9 Å². The summed E-state index contributed by atoms with van der Waals surface area (Å²) in [6.07, 6.45) is 7.31. The molecule has 0 aromatic heterocycles. The van der Waals surface area contributed by atoms with Crippen LogP contribution in [0.15, 0.2) is 18.2 Å². The molecule has 22 heavy (non-hydrogen) atoms. The van der Waals surface area contributed by atoms with Crippen molar-refractivity contribution in [2.45, 2.75) is 44.6 Å². The Bertz CT molecular complexity index is 465. The van der Waals surface area contributed by atoms with Crippen LogP contribution < -0.4 is 20.1 Å². The van der Waals surface area contributed by atoms with E-state index in [-0.39, 0.29) is 0 Å². The number of rotatable bonds is 6. The molecule has 1 aromatic rings. The van der Waals surface area contributed by atoms with E-state index in [2.05, 4.69) is 10.6 Å². The molecule has 1 saturated carbocycles. The van der Waals surface area contributed by atoms with Crippen LogP contribution in [0.5, 0.6) is 11.5 Å². The maximum absolute atomic E-state index is 5.38. The molecule has 0 aliphatic heterocycles. The lowest BCUT2D eigenvalue weighted by atomic mass is 9.96. The number of hydrogen-bond acceptors (Lipinski definition) is 3. The molecule has 0 heterocycles. The summed E-state index contributed by atoms with van der Waals surface area (Å²) in [6.45, 7) is 0.800. The van der Waals surface area contributed by atoms with Crippen LogP contribution in [-0.2, 0) is 6.42 Å². The maximum atomic E-state index is 5.38. The molecule has 0 bridgehead atoms. The average molecular weight is 322 g/mol. The third-order valence-corrected chi connectivity index (χ3v) is 4.31. The molecule has 1 aromatic carbocycles. The van der Waals surface area contributed by atoms with Crippen LogP contribution in [0.2, 0.25) is 0 Å². The first-order valence-electron chi connectivity index (χ1n) is 7.97. The number of ether oxygens (including phenoxy) is 2. The van der Waals surface area contributed by atoms with Gasteiger partial charge >= 0.3 is 0 Å². The third-order valence-electron chi connectivity index (χ3n) is 4.05. The molecular formula is C17H26N2O2S. The molecule has 5 heteroatoms. The first-order chi connectivity index (χ1) is 10.7. The monoisotopic (exact) mass is 322 g/mol. The zero-order valence-corrected chi connectivity index (χ0v) is 14.3. The lowest BCUT2D eigenvalue weighted by Gasteiger charge is -2.24. The van der Waals surface area contributed by atoms with Gasteiger partial charge in [0.05, 0.1) is 14.2 Å². The van der Waals surface area contributed by atoms with E-state index < -0.39 is 0 Å². The van der Waals surface area contributed by atoms with E-state index in [4.69, 9.17) is 21.7 Å². The van der Waals surface area contributed by atoms with E-state index in [1.807, 2.05) is 18.2 Å². The highest BCUT2D eigenvalue weighted by atomic mass is 32.1. The number of methoxy groups -OCH3 is 2. The molecular weight excluding hydrogens is 296 g/mol.